The van der Waals surface area contributed by atoms with Crippen molar-refractivity contribution in [3.63, 3.8) is 0 Å². The van der Waals surface area contributed by atoms with E-state index in [-0.39, 0.29) is 5.91 Å². The van der Waals surface area contributed by atoms with E-state index < -0.39 is 0 Å². The molecule has 1 aliphatic carbocycles. The predicted molar refractivity (Wildman–Crippen MR) is 76.1 cm³/mol. The molecule has 1 aliphatic rings. The van der Waals surface area contributed by atoms with Gasteiger partial charge in [-0.25, -0.2) is 9.97 Å². The molecular weight excluding hydrogens is 254 g/mol. The fourth-order valence-corrected chi connectivity index (χ4v) is 2.74. The van der Waals surface area contributed by atoms with Crippen molar-refractivity contribution in [1.82, 2.24) is 15.3 Å². The van der Waals surface area contributed by atoms with Gasteiger partial charge in [0.05, 0.1) is 12.5 Å². The zero-order chi connectivity index (χ0) is 14.2. The molecule has 1 N–H and O–H groups in total. The molecule has 1 fully saturated rings. The summed E-state index contributed by atoms with van der Waals surface area (Å²) in [6.45, 7) is 0.759. The third-order valence-electron chi connectivity index (χ3n) is 3.98. The summed E-state index contributed by atoms with van der Waals surface area (Å²) in [5.74, 6) is 0.770. The van der Waals surface area contributed by atoms with Crippen molar-refractivity contribution >= 4 is 5.91 Å². The Balaban J connectivity index is 1.60. The Hall–Kier alpha value is -1.49. The van der Waals surface area contributed by atoms with Gasteiger partial charge in [-0.05, 0) is 43.6 Å². The Bertz CT molecular complexity index is 403. The summed E-state index contributed by atoms with van der Waals surface area (Å²) in [6, 6.07) is 0. The Morgan fingerprint density at radius 2 is 2.00 bits per heavy atom. The Morgan fingerprint density at radius 3 is 2.65 bits per heavy atom. The minimum atomic E-state index is 0.0466. The maximum absolute atomic E-state index is 11.8. The number of nitrogens with zero attached hydrogens (tertiary/aromatic N) is 2. The van der Waals surface area contributed by atoms with E-state index in [0.717, 1.165) is 37.3 Å². The van der Waals surface area contributed by atoms with Crippen LogP contribution in [-0.2, 0) is 16.0 Å². The average Bonchev–Trinajstić information content (AvgIpc) is 2.49. The van der Waals surface area contributed by atoms with Crippen molar-refractivity contribution in [3.05, 3.63) is 24.3 Å². The van der Waals surface area contributed by atoms with Crippen LogP contribution >= 0.6 is 0 Å². The van der Waals surface area contributed by atoms with E-state index in [2.05, 4.69) is 15.3 Å². The van der Waals surface area contributed by atoms with Crippen LogP contribution in [0.4, 0.5) is 0 Å². The number of carbonyl (C=O) groups is 1. The zero-order valence-corrected chi connectivity index (χ0v) is 12.0. The molecule has 0 atom stereocenters. The normalized spacial score (nSPS) is 22.4. The van der Waals surface area contributed by atoms with Crippen LogP contribution < -0.4 is 5.32 Å². The summed E-state index contributed by atoms with van der Waals surface area (Å²) < 4.78 is 5.37. The lowest BCUT2D eigenvalue weighted by Gasteiger charge is -2.27. The van der Waals surface area contributed by atoms with Gasteiger partial charge < -0.3 is 10.1 Å². The van der Waals surface area contributed by atoms with E-state index >= 15 is 0 Å². The van der Waals surface area contributed by atoms with Crippen molar-refractivity contribution in [2.75, 3.05) is 13.7 Å². The molecule has 0 bridgehead atoms. The van der Waals surface area contributed by atoms with Gasteiger partial charge in [-0.1, -0.05) is 0 Å². The first kappa shape index (κ1) is 14.9. The molecule has 20 heavy (non-hydrogen) atoms. The van der Waals surface area contributed by atoms with Gasteiger partial charge in [0.15, 0.2) is 0 Å². The van der Waals surface area contributed by atoms with E-state index in [1.807, 2.05) is 0 Å². The Morgan fingerprint density at radius 1 is 1.30 bits per heavy atom. The molecule has 1 aromatic heterocycles. The summed E-state index contributed by atoms with van der Waals surface area (Å²) in [5, 5.41) is 2.98. The monoisotopic (exact) mass is 277 g/mol. The van der Waals surface area contributed by atoms with Crippen LogP contribution in [0.5, 0.6) is 0 Å². The number of aromatic nitrogens is 2. The Kier molecular flexibility index (Phi) is 5.92. The molecule has 0 unspecified atom stereocenters. The number of rotatable bonds is 6. The number of ether oxygens (including phenoxy) is 1. The van der Waals surface area contributed by atoms with Crippen molar-refractivity contribution in [1.29, 1.82) is 0 Å². The minimum Gasteiger partial charge on any atom is -0.381 e. The third-order valence-corrected chi connectivity index (χ3v) is 3.98. The van der Waals surface area contributed by atoms with Gasteiger partial charge in [-0.2, -0.15) is 0 Å². The summed E-state index contributed by atoms with van der Waals surface area (Å²) in [5.41, 5.74) is 0.852. The molecular formula is C15H23N3O2. The molecule has 0 saturated heterocycles. The third kappa shape index (κ3) is 4.89. The maximum Gasteiger partial charge on any atom is 0.224 e. The van der Waals surface area contributed by atoms with Gasteiger partial charge in [0.1, 0.15) is 6.33 Å². The molecule has 1 amide bonds. The first-order valence-corrected chi connectivity index (χ1v) is 7.31. The largest absolute Gasteiger partial charge is 0.381 e. The van der Waals surface area contributed by atoms with Crippen LogP contribution in [0.25, 0.3) is 0 Å². The summed E-state index contributed by atoms with van der Waals surface area (Å²) in [6.07, 6.45) is 11.4. The van der Waals surface area contributed by atoms with Crippen molar-refractivity contribution in [2.24, 2.45) is 5.92 Å². The highest BCUT2D eigenvalue weighted by Crippen LogP contribution is 2.27. The van der Waals surface area contributed by atoms with Crippen molar-refractivity contribution in [2.45, 2.75) is 44.6 Å². The van der Waals surface area contributed by atoms with Crippen molar-refractivity contribution < 1.29 is 9.53 Å². The second kappa shape index (κ2) is 7.94. The SMILES string of the molecule is COC1CCC(CCNC(=O)Cc2cncnc2)CC1. The van der Waals surface area contributed by atoms with E-state index in [0.29, 0.717) is 12.5 Å². The summed E-state index contributed by atoms with van der Waals surface area (Å²) in [7, 11) is 1.79. The number of methoxy groups -OCH3 is 1. The van der Waals surface area contributed by atoms with Crippen LogP contribution in [0.2, 0.25) is 0 Å². The van der Waals surface area contributed by atoms with Crippen LogP contribution in [0.1, 0.15) is 37.7 Å². The highest BCUT2D eigenvalue weighted by Gasteiger charge is 2.20. The van der Waals surface area contributed by atoms with E-state index in [4.69, 9.17) is 4.74 Å². The topological polar surface area (TPSA) is 64.1 Å². The van der Waals surface area contributed by atoms with Gasteiger partial charge in [0.2, 0.25) is 5.91 Å². The van der Waals surface area contributed by atoms with E-state index in [9.17, 15) is 4.79 Å². The van der Waals surface area contributed by atoms with Gasteiger partial charge in [0, 0.05) is 26.0 Å². The van der Waals surface area contributed by atoms with Gasteiger partial charge >= 0.3 is 0 Å². The molecule has 0 aromatic carbocycles. The fourth-order valence-electron chi connectivity index (χ4n) is 2.74. The van der Waals surface area contributed by atoms with Crippen molar-refractivity contribution in [3.8, 4) is 0 Å². The molecule has 110 valence electrons. The average molecular weight is 277 g/mol. The molecule has 1 aromatic rings. The Labute approximate surface area is 120 Å². The van der Waals surface area contributed by atoms with Crippen LogP contribution in [0.15, 0.2) is 18.7 Å². The lowest BCUT2D eigenvalue weighted by atomic mass is 9.85. The molecule has 0 radical (unpaired) electrons. The summed E-state index contributed by atoms with van der Waals surface area (Å²) >= 11 is 0. The lowest BCUT2D eigenvalue weighted by Crippen LogP contribution is -2.29. The highest BCUT2D eigenvalue weighted by molar-refractivity contribution is 5.78. The van der Waals surface area contributed by atoms with Gasteiger partial charge in [-0.15, -0.1) is 0 Å². The lowest BCUT2D eigenvalue weighted by molar-refractivity contribution is -0.120. The van der Waals surface area contributed by atoms with Crippen LogP contribution in [-0.4, -0.2) is 35.6 Å². The smallest absolute Gasteiger partial charge is 0.224 e. The highest BCUT2D eigenvalue weighted by atomic mass is 16.5. The minimum absolute atomic E-state index is 0.0466. The quantitative estimate of drug-likeness (QED) is 0.860. The second-order valence-electron chi connectivity index (χ2n) is 5.44. The number of hydrogen-bond donors (Lipinski definition) is 1. The van der Waals surface area contributed by atoms with Gasteiger partial charge in [-0.3, -0.25) is 4.79 Å². The first-order valence-electron chi connectivity index (χ1n) is 7.31. The number of nitrogens with one attached hydrogen (secondary N) is 1. The maximum atomic E-state index is 11.8. The standard InChI is InChI=1S/C15H23N3O2/c1-20-14-4-2-12(3-5-14)6-7-18-15(19)8-13-9-16-11-17-10-13/h9-12,14H,2-8H2,1H3,(H,18,19). The zero-order valence-electron chi connectivity index (χ0n) is 12.0. The molecule has 2 rings (SSSR count). The molecule has 1 saturated carbocycles. The fraction of sp³-hybridized carbons (Fsp3) is 0.667. The molecule has 5 nitrogen and oxygen atoms in total. The second-order valence-corrected chi connectivity index (χ2v) is 5.44. The molecule has 0 spiro atoms. The molecule has 5 heteroatoms. The van der Waals surface area contributed by atoms with E-state index in [1.54, 1.807) is 19.5 Å². The number of hydrogen-bond acceptors (Lipinski definition) is 4. The van der Waals surface area contributed by atoms with Gasteiger partial charge in [0.25, 0.3) is 0 Å². The molecule has 1 heterocycles. The predicted octanol–water partition coefficient (Wildman–Crippen LogP) is 1.73. The first-order chi connectivity index (χ1) is 9.78. The summed E-state index contributed by atoms with van der Waals surface area (Å²) in [4.78, 5) is 19.6. The van der Waals surface area contributed by atoms with Crippen LogP contribution in [0.3, 0.4) is 0 Å². The number of amides is 1. The molecule has 0 aliphatic heterocycles. The number of carbonyl (C=O) groups excluding carboxylic acids is 1. The van der Waals surface area contributed by atoms with E-state index in [1.165, 1.54) is 19.2 Å². The van der Waals surface area contributed by atoms with Crippen LogP contribution in [0, 0.1) is 5.92 Å².